The summed E-state index contributed by atoms with van der Waals surface area (Å²) in [6, 6.07) is 12.7. The van der Waals surface area contributed by atoms with Crippen molar-refractivity contribution >= 4 is 5.69 Å². The van der Waals surface area contributed by atoms with Crippen LogP contribution in [0.2, 0.25) is 0 Å². The molecule has 5 heteroatoms. The minimum Gasteiger partial charge on any atom is -0.497 e. The monoisotopic (exact) mass is 344 g/mol. The first kappa shape index (κ1) is 17.5. The summed E-state index contributed by atoms with van der Waals surface area (Å²) in [6.45, 7) is 1.71. The van der Waals surface area contributed by atoms with E-state index in [0.29, 0.717) is 5.92 Å². The molecule has 2 atom stereocenters. The first-order valence-corrected chi connectivity index (χ1v) is 8.55. The molecule has 1 heterocycles. The summed E-state index contributed by atoms with van der Waals surface area (Å²) < 4.78 is 23.9. The highest BCUT2D eigenvalue weighted by Gasteiger charge is 2.26. The average Bonchev–Trinajstić information content (AvgIpc) is 2.62. The number of methoxy groups -OCH3 is 2. The summed E-state index contributed by atoms with van der Waals surface area (Å²) >= 11 is 0. The molecule has 0 aliphatic carbocycles. The highest BCUT2D eigenvalue weighted by Crippen LogP contribution is 2.31. The fourth-order valence-electron chi connectivity index (χ4n) is 3.53. The molecule has 0 aromatic heterocycles. The minimum atomic E-state index is -0.200. The van der Waals surface area contributed by atoms with Crippen LogP contribution < -0.4 is 20.1 Å². The van der Waals surface area contributed by atoms with Crippen LogP contribution in [0, 0.1) is 11.7 Å². The summed E-state index contributed by atoms with van der Waals surface area (Å²) in [5.41, 5.74) is 8.50. The van der Waals surface area contributed by atoms with Gasteiger partial charge >= 0.3 is 0 Å². The fraction of sp³-hybridized carbons (Fsp3) is 0.400. The Morgan fingerprint density at radius 3 is 2.28 bits per heavy atom. The van der Waals surface area contributed by atoms with E-state index in [-0.39, 0.29) is 11.9 Å². The number of hydrogen-bond acceptors (Lipinski definition) is 4. The summed E-state index contributed by atoms with van der Waals surface area (Å²) in [5, 5.41) is 0. The minimum absolute atomic E-state index is 0.108. The molecule has 0 saturated carbocycles. The van der Waals surface area contributed by atoms with Crippen LogP contribution in [0.5, 0.6) is 11.5 Å². The molecular weight excluding hydrogens is 319 g/mol. The Kier molecular flexibility index (Phi) is 5.43. The maximum atomic E-state index is 13.1. The van der Waals surface area contributed by atoms with Gasteiger partial charge in [0.05, 0.1) is 14.2 Å². The second-order valence-electron chi connectivity index (χ2n) is 6.67. The molecule has 2 aromatic rings. The molecule has 0 bridgehead atoms. The topological polar surface area (TPSA) is 47.7 Å². The standard InChI is InChI=1S/C20H25FN2O2/c1-24-19-9-18(10-20(11-19)25-2)23-12-15(8-17(22)13-23)7-14-3-5-16(21)6-4-14/h3-6,9-11,15,17H,7-8,12-13,22H2,1-2H3. The third kappa shape index (κ3) is 4.42. The van der Waals surface area contributed by atoms with Gasteiger partial charge in [-0.2, -0.15) is 0 Å². The van der Waals surface area contributed by atoms with E-state index in [1.54, 1.807) is 14.2 Å². The van der Waals surface area contributed by atoms with Gasteiger partial charge in [0, 0.05) is 43.0 Å². The molecule has 3 rings (SSSR count). The number of rotatable bonds is 5. The van der Waals surface area contributed by atoms with Gasteiger partial charge in [-0.1, -0.05) is 12.1 Å². The normalized spacial score (nSPS) is 20.4. The summed E-state index contributed by atoms with van der Waals surface area (Å²) in [4.78, 5) is 2.29. The van der Waals surface area contributed by atoms with Crippen LogP contribution in [-0.4, -0.2) is 33.4 Å². The highest BCUT2D eigenvalue weighted by atomic mass is 19.1. The van der Waals surface area contributed by atoms with E-state index >= 15 is 0 Å². The lowest BCUT2D eigenvalue weighted by atomic mass is 9.88. The van der Waals surface area contributed by atoms with Gasteiger partial charge in [-0.25, -0.2) is 4.39 Å². The molecule has 1 fully saturated rings. The van der Waals surface area contributed by atoms with Gasteiger partial charge in [0.1, 0.15) is 17.3 Å². The van der Waals surface area contributed by atoms with Gasteiger partial charge in [-0.05, 0) is 36.5 Å². The molecule has 134 valence electrons. The summed E-state index contributed by atoms with van der Waals surface area (Å²) in [5.74, 6) is 1.76. The van der Waals surface area contributed by atoms with Gasteiger partial charge in [0.15, 0.2) is 0 Å². The van der Waals surface area contributed by atoms with Crippen LogP contribution in [0.4, 0.5) is 10.1 Å². The Morgan fingerprint density at radius 2 is 1.68 bits per heavy atom. The molecule has 2 N–H and O–H groups in total. The second-order valence-corrected chi connectivity index (χ2v) is 6.67. The third-order valence-electron chi connectivity index (χ3n) is 4.71. The van der Waals surface area contributed by atoms with E-state index in [2.05, 4.69) is 4.90 Å². The largest absolute Gasteiger partial charge is 0.497 e. The lowest BCUT2D eigenvalue weighted by Crippen LogP contribution is -2.47. The van der Waals surface area contributed by atoms with Gasteiger partial charge in [0.25, 0.3) is 0 Å². The van der Waals surface area contributed by atoms with Crippen molar-refractivity contribution in [2.75, 3.05) is 32.2 Å². The van der Waals surface area contributed by atoms with Crippen molar-refractivity contribution in [3.05, 3.63) is 53.8 Å². The van der Waals surface area contributed by atoms with Crippen molar-refractivity contribution in [1.82, 2.24) is 0 Å². The number of anilines is 1. The van der Waals surface area contributed by atoms with Crippen LogP contribution in [0.25, 0.3) is 0 Å². The number of hydrogen-bond donors (Lipinski definition) is 1. The van der Waals surface area contributed by atoms with E-state index in [9.17, 15) is 4.39 Å². The number of nitrogens with zero attached hydrogens (tertiary/aromatic N) is 1. The lowest BCUT2D eigenvalue weighted by molar-refractivity contribution is 0.371. The van der Waals surface area contributed by atoms with Crippen molar-refractivity contribution in [3.8, 4) is 11.5 Å². The fourth-order valence-corrected chi connectivity index (χ4v) is 3.53. The molecule has 1 aliphatic rings. The van der Waals surface area contributed by atoms with Crippen LogP contribution in [0.1, 0.15) is 12.0 Å². The molecule has 1 saturated heterocycles. The number of ether oxygens (including phenoxy) is 2. The van der Waals surface area contributed by atoms with E-state index in [1.807, 2.05) is 30.3 Å². The SMILES string of the molecule is COc1cc(OC)cc(N2CC(N)CC(Cc3ccc(F)cc3)C2)c1. The van der Waals surface area contributed by atoms with E-state index in [4.69, 9.17) is 15.2 Å². The first-order chi connectivity index (χ1) is 12.1. The van der Waals surface area contributed by atoms with Crippen LogP contribution >= 0.6 is 0 Å². The smallest absolute Gasteiger partial charge is 0.124 e. The Balaban J connectivity index is 1.77. The molecule has 4 nitrogen and oxygen atoms in total. The van der Waals surface area contributed by atoms with E-state index in [1.165, 1.54) is 12.1 Å². The van der Waals surface area contributed by atoms with E-state index < -0.39 is 0 Å². The maximum Gasteiger partial charge on any atom is 0.124 e. The van der Waals surface area contributed by atoms with Gasteiger partial charge in [-0.3, -0.25) is 0 Å². The zero-order valence-corrected chi connectivity index (χ0v) is 14.7. The average molecular weight is 344 g/mol. The van der Waals surface area contributed by atoms with Crippen molar-refractivity contribution < 1.29 is 13.9 Å². The summed E-state index contributed by atoms with van der Waals surface area (Å²) in [6.07, 6.45) is 1.86. The van der Waals surface area contributed by atoms with Crippen molar-refractivity contribution in [2.24, 2.45) is 11.7 Å². The van der Waals surface area contributed by atoms with Crippen LogP contribution in [0.3, 0.4) is 0 Å². The van der Waals surface area contributed by atoms with Crippen LogP contribution in [-0.2, 0) is 6.42 Å². The van der Waals surface area contributed by atoms with Gasteiger partial charge in [-0.15, -0.1) is 0 Å². The predicted octanol–water partition coefficient (Wildman–Crippen LogP) is 3.24. The molecule has 0 spiro atoms. The summed E-state index contributed by atoms with van der Waals surface area (Å²) in [7, 11) is 3.30. The molecule has 25 heavy (non-hydrogen) atoms. The van der Waals surface area contributed by atoms with Gasteiger partial charge < -0.3 is 20.1 Å². The number of nitrogens with two attached hydrogens (primary N) is 1. The highest BCUT2D eigenvalue weighted by molar-refractivity contribution is 5.56. The zero-order chi connectivity index (χ0) is 17.8. The number of piperidine rings is 1. The van der Waals surface area contributed by atoms with Crippen molar-refractivity contribution in [3.63, 3.8) is 0 Å². The number of halogens is 1. The second kappa shape index (κ2) is 7.74. The van der Waals surface area contributed by atoms with Crippen molar-refractivity contribution in [1.29, 1.82) is 0 Å². The van der Waals surface area contributed by atoms with Gasteiger partial charge in [0.2, 0.25) is 0 Å². The zero-order valence-electron chi connectivity index (χ0n) is 14.7. The third-order valence-corrected chi connectivity index (χ3v) is 4.71. The molecule has 2 unspecified atom stereocenters. The van der Waals surface area contributed by atoms with Crippen molar-refractivity contribution in [2.45, 2.75) is 18.9 Å². The predicted molar refractivity (Wildman–Crippen MR) is 97.9 cm³/mol. The lowest BCUT2D eigenvalue weighted by Gasteiger charge is -2.38. The quantitative estimate of drug-likeness (QED) is 0.905. The first-order valence-electron chi connectivity index (χ1n) is 8.55. The molecule has 1 aliphatic heterocycles. The Hall–Kier alpha value is -2.27. The Morgan fingerprint density at radius 1 is 1.04 bits per heavy atom. The Bertz CT molecular complexity index is 683. The van der Waals surface area contributed by atoms with E-state index in [0.717, 1.165) is 48.7 Å². The maximum absolute atomic E-state index is 13.1. The number of benzene rings is 2. The molecular formula is C20H25FN2O2. The Labute approximate surface area is 148 Å². The molecule has 0 amide bonds. The van der Waals surface area contributed by atoms with Crippen LogP contribution in [0.15, 0.2) is 42.5 Å². The molecule has 0 radical (unpaired) electrons. The molecule has 2 aromatic carbocycles.